The first-order chi connectivity index (χ1) is 22.7. The Balaban J connectivity index is 3.51. The fourth-order valence-electron chi connectivity index (χ4n) is 5.19. The lowest BCUT2D eigenvalue weighted by Crippen LogP contribution is -2.27. The van der Waals surface area contributed by atoms with Crippen LogP contribution in [0.1, 0.15) is 174 Å². The summed E-state index contributed by atoms with van der Waals surface area (Å²) in [7, 11) is 0. The maximum atomic E-state index is 12.1. The fourth-order valence-corrected chi connectivity index (χ4v) is 5.19. The van der Waals surface area contributed by atoms with Gasteiger partial charge in [-0.05, 0) is 77.0 Å². The van der Waals surface area contributed by atoms with Gasteiger partial charge in [0.15, 0.2) is 0 Å². The van der Waals surface area contributed by atoms with Gasteiger partial charge in [-0.15, -0.1) is 0 Å². The van der Waals surface area contributed by atoms with Crippen molar-refractivity contribution in [2.24, 2.45) is 0 Å². The van der Waals surface area contributed by atoms with Gasteiger partial charge in [-0.1, -0.05) is 152 Å². The highest BCUT2D eigenvalue weighted by Crippen LogP contribution is 2.12. The largest absolute Gasteiger partial charge is 0.457 e. The molecule has 0 spiro atoms. The number of rotatable bonds is 35. The van der Waals surface area contributed by atoms with Crippen LogP contribution < -0.4 is 0 Å². The van der Waals surface area contributed by atoms with E-state index in [2.05, 4.69) is 74.6 Å². The van der Waals surface area contributed by atoms with Crippen LogP contribution in [0.25, 0.3) is 0 Å². The summed E-state index contributed by atoms with van der Waals surface area (Å²) in [5.41, 5.74) is 0. The van der Waals surface area contributed by atoms with Crippen LogP contribution in [-0.2, 0) is 14.3 Å². The molecule has 0 amide bonds. The lowest BCUT2D eigenvalue weighted by Gasteiger charge is -2.15. The maximum Gasteiger partial charge on any atom is 0.306 e. The average molecular weight is 643 g/mol. The Morgan fingerprint density at radius 2 is 0.978 bits per heavy atom. The Labute approximate surface area is 285 Å². The molecular weight excluding hydrogens is 568 g/mol. The Bertz CT molecular complexity index is 764. The molecule has 1 N–H and O–H groups in total. The molecule has 0 saturated carbocycles. The number of unbranched alkanes of at least 4 members (excludes halogenated alkanes) is 17. The van der Waals surface area contributed by atoms with E-state index in [4.69, 9.17) is 9.47 Å². The standard InChI is InChI=1S/C42H74O4/c1-3-5-7-9-11-13-15-17-19-20-21-22-24-26-28-30-32-34-36-38-45-40-41(39-43)46-42(44)37-35-33-31-29-27-25-23-18-16-14-12-10-8-6-4-2/h6,8,12,14,18-20,23,27,29,41,43H,3-5,7,9-11,13,15-17,21-22,24-26,28,30-40H2,1-2H3/b8-6-,14-12-,20-19-,23-18-,29-27-. The van der Waals surface area contributed by atoms with Crippen molar-refractivity contribution in [1.29, 1.82) is 0 Å². The number of ether oxygens (including phenoxy) is 2. The summed E-state index contributed by atoms with van der Waals surface area (Å²) < 4.78 is 11.1. The molecule has 1 unspecified atom stereocenters. The molecule has 0 radical (unpaired) electrons. The lowest BCUT2D eigenvalue weighted by atomic mass is 10.1. The molecule has 266 valence electrons. The molecule has 46 heavy (non-hydrogen) atoms. The van der Waals surface area contributed by atoms with Crippen molar-refractivity contribution in [3.05, 3.63) is 60.8 Å². The van der Waals surface area contributed by atoms with Crippen LogP contribution in [0.3, 0.4) is 0 Å². The minimum Gasteiger partial charge on any atom is -0.457 e. The van der Waals surface area contributed by atoms with Crippen molar-refractivity contribution in [3.63, 3.8) is 0 Å². The van der Waals surface area contributed by atoms with E-state index < -0.39 is 6.10 Å². The van der Waals surface area contributed by atoms with Crippen molar-refractivity contribution in [2.75, 3.05) is 19.8 Å². The zero-order valence-electron chi connectivity index (χ0n) is 30.3. The molecule has 0 aromatic heterocycles. The summed E-state index contributed by atoms with van der Waals surface area (Å²) >= 11 is 0. The topological polar surface area (TPSA) is 55.8 Å². The normalized spacial score (nSPS) is 13.0. The van der Waals surface area contributed by atoms with E-state index in [1.54, 1.807) is 0 Å². The summed E-state index contributed by atoms with van der Waals surface area (Å²) in [6, 6.07) is 0. The molecule has 4 heteroatoms. The first kappa shape index (κ1) is 44.1. The molecule has 0 aliphatic heterocycles. The highest BCUT2D eigenvalue weighted by atomic mass is 16.6. The molecule has 1 atom stereocenters. The van der Waals surface area contributed by atoms with Crippen molar-refractivity contribution in [3.8, 4) is 0 Å². The first-order valence-corrected chi connectivity index (χ1v) is 19.4. The maximum absolute atomic E-state index is 12.1. The second-order valence-electron chi connectivity index (χ2n) is 12.6. The zero-order valence-corrected chi connectivity index (χ0v) is 30.3. The monoisotopic (exact) mass is 643 g/mol. The summed E-state index contributed by atoms with van der Waals surface area (Å²) in [5.74, 6) is -0.243. The van der Waals surface area contributed by atoms with E-state index in [0.717, 1.165) is 51.4 Å². The van der Waals surface area contributed by atoms with Crippen LogP contribution in [0.5, 0.6) is 0 Å². The van der Waals surface area contributed by atoms with E-state index in [0.29, 0.717) is 13.0 Å². The molecule has 4 nitrogen and oxygen atoms in total. The third-order valence-corrected chi connectivity index (χ3v) is 8.08. The number of carbonyl (C=O) groups is 1. The van der Waals surface area contributed by atoms with Gasteiger partial charge in [0.05, 0.1) is 13.2 Å². The van der Waals surface area contributed by atoms with Crippen LogP contribution in [0.15, 0.2) is 60.8 Å². The third kappa shape index (κ3) is 36.6. The molecule has 0 aromatic carbocycles. The number of allylic oxidation sites excluding steroid dienone is 10. The van der Waals surface area contributed by atoms with Crippen LogP contribution in [0.4, 0.5) is 0 Å². The van der Waals surface area contributed by atoms with Gasteiger partial charge in [-0.3, -0.25) is 4.79 Å². The number of aliphatic hydroxyl groups excluding tert-OH is 1. The quantitative estimate of drug-likeness (QED) is 0.0424. The molecule has 0 aliphatic rings. The minimum atomic E-state index is -0.558. The van der Waals surface area contributed by atoms with E-state index in [1.165, 1.54) is 103 Å². The van der Waals surface area contributed by atoms with Crippen molar-refractivity contribution < 1.29 is 19.4 Å². The van der Waals surface area contributed by atoms with Crippen LogP contribution in [0.2, 0.25) is 0 Å². The minimum absolute atomic E-state index is 0.192. The Morgan fingerprint density at radius 1 is 0.543 bits per heavy atom. The van der Waals surface area contributed by atoms with Gasteiger partial charge in [0.2, 0.25) is 0 Å². The van der Waals surface area contributed by atoms with E-state index in [-0.39, 0.29) is 19.2 Å². The number of hydrogen-bond acceptors (Lipinski definition) is 4. The number of aliphatic hydroxyl groups is 1. The van der Waals surface area contributed by atoms with E-state index >= 15 is 0 Å². The molecule has 0 heterocycles. The predicted octanol–water partition coefficient (Wildman–Crippen LogP) is 12.5. The lowest BCUT2D eigenvalue weighted by molar-refractivity contribution is -0.154. The zero-order chi connectivity index (χ0) is 33.4. The second kappa shape index (κ2) is 39.3. The van der Waals surface area contributed by atoms with Crippen molar-refractivity contribution in [1.82, 2.24) is 0 Å². The van der Waals surface area contributed by atoms with Gasteiger partial charge in [0.25, 0.3) is 0 Å². The Hall–Kier alpha value is -1.91. The molecular formula is C42H74O4. The predicted molar refractivity (Wildman–Crippen MR) is 200 cm³/mol. The molecule has 0 saturated heterocycles. The number of esters is 1. The van der Waals surface area contributed by atoms with Crippen LogP contribution >= 0.6 is 0 Å². The molecule has 0 fully saturated rings. The number of carbonyl (C=O) groups excluding carboxylic acids is 1. The second-order valence-corrected chi connectivity index (χ2v) is 12.6. The summed E-state index contributed by atoms with van der Waals surface area (Å²) in [6.07, 6.45) is 51.3. The summed E-state index contributed by atoms with van der Waals surface area (Å²) in [5, 5.41) is 9.56. The summed E-state index contributed by atoms with van der Waals surface area (Å²) in [4.78, 5) is 12.1. The summed E-state index contributed by atoms with van der Waals surface area (Å²) in [6.45, 7) is 5.17. The van der Waals surface area contributed by atoms with Gasteiger partial charge in [0.1, 0.15) is 6.10 Å². The van der Waals surface area contributed by atoms with E-state index in [1.807, 2.05) is 0 Å². The third-order valence-electron chi connectivity index (χ3n) is 8.08. The highest BCUT2D eigenvalue weighted by molar-refractivity contribution is 5.69. The van der Waals surface area contributed by atoms with Gasteiger partial charge in [-0.2, -0.15) is 0 Å². The van der Waals surface area contributed by atoms with Crippen molar-refractivity contribution in [2.45, 2.75) is 180 Å². The Morgan fingerprint density at radius 3 is 1.50 bits per heavy atom. The smallest absolute Gasteiger partial charge is 0.306 e. The van der Waals surface area contributed by atoms with Crippen LogP contribution in [0, 0.1) is 0 Å². The van der Waals surface area contributed by atoms with Gasteiger partial charge in [0, 0.05) is 13.0 Å². The first-order valence-electron chi connectivity index (χ1n) is 19.4. The highest BCUT2D eigenvalue weighted by Gasteiger charge is 2.13. The Kier molecular flexibility index (Phi) is 37.6. The average Bonchev–Trinajstić information content (AvgIpc) is 3.06. The van der Waals surface area contributed by atoms with Gasteiger partial charge >= 0.3 is 5.97 Å². The van der Waals surface area contributed by atoms with Crippen molar-refractivity contribution >= 4 is 5.97 Å². The molecule has 0 aliphatic carbocycles. The van der Waals surface area contributed by atoms with Gasteiger partial charge in [-0.25, -0.2) is 0 Å². The molecule has 0 bridgehead atoms. The SMILES string of the molecule is CC/C=C\C/C=C\C/C=C\C/C=C\CCCCC(=O)OC(CO)COCCCCCCCCCC/C=C\CCCCCCCCC. The van der Waals surface area contributed by atoms with Gasteiger partial charge < -0.3 is 14.6 Å². The van der Waals surface area contributed by atoms with Crippen LogP contribution in [-0.4, -0.2) is 37.0 Å². The fraction of sp³-hybridized carbons (Fsp3) is 0.738. The molecule has 0 rings (SSSR count). The van der Waals surface area contributed by atoms with E-state index in [9.17, 15) is 9.90 Å². The molecule has 0 aromatic rings. The number of hydrogen-bond donors (Lipinski definition) is 1.